The first-order chi connectivity index (χ1) is 6.16. The summed E-state index contributed by atoms with van der Waals surface area (Å²) in [5.74, 6) is -1.23. The van der Waals surface area contributed by atoms with E-state index >= 15 is 0 Å². The molecule has 0 saturated carbocycles. The highest BCUT2D eigenvalue weighted by atomic mass is 19.1. The summed E-state index contributed by atoms with van der Waals surface area (Å²) in [6, 6.07) is 5.54. The molecule has 0 unspecified atom stereocenters. The molecular formula is C9H8FNO2. The summed E-state index contributed by atoms with van der Waals surface area (Å²) < 4.78 is 13.0. The third-order valence-electron chi connectivity index (χ3n) is 1.60. The summed E-state index contributed by atoms with van der Waals surface area (Å²) >= 11 is 0. The molecule has 1 aromatic carbocycles. The number of carbonyl (C=O) groups is 1. The molecule has 4 heteroatoms. The maximum Gasteiger partial charge on any atom is 0.213 e. The van der Waals surface area contributed by atoms with Crippen LogP contribution in [-0.2, 0) is 0 Å². The van der Waals surface area contributed by atoms with E-state index in [0.717, 1.165) is 0 Å². The van der Waals surface area contributed by atoms with Gasteiger partial charge in [-0.15, -0.1) is 0 Å². The van der Waals surface area contributed by atoms with Crippen LogP contribution in [0, 0.1) is 5.82 Å². The lowest BCUT2D eigenvalue weighted by Gasteiger charge is -1.99. The molecule has 3 nitrogen and oxygen atoms in total. The Labute approximate surface area is 74.5 Å². The molecule has 68 valence electrons. The molecule has 0 heterocycles. The van der Waals surface area contributed by atoms with Crippen molar-refractivity contribution in [2.45, 2.75) is 6.92 Å². The Morgan fingerprint density at radius 1 is 1.46 bits per heavy atom. The topological polar surface area (TPSA) is 49.7 Å². The zero-order valence-corrected chi connectivity index (χ0v) is 6.99. The molecule has 1 rings (SSSR count). The highest BCUT2D eigenvalue weighted by molar-refractivity contribution is 6.45. The van der Waals surface area contributed by atoms with Crippen LogP contribution in [-0.4, -0.2) is 16.7 Å². The fraction of sp³-hybridized carbons (Fsp3) is 0.111. The molecular weight excluding hydrogens is 173 g/mol. The zero-order valence-electron chi connectivity index (χ0n) is 6.99. The van der Waals surface area contributed by atoms with Crippen LogP contribution in [0.3, 0.4) is 0 Å². The molecule has 0 aliphatic carbocycles. The first kappa shape index (κ1) is 9.38. The molecule has 0 aromatic heterocycles. The van der Waals surface area contributed by atoms with Crippen molar-refractivity contribution in [3.63, 3.8) is 0 Å². The summed E-state index contributed by atoms with van der Waals surface area (Å²) in [5, 5.41) is 11.0. The summed E-state index contributed by atoms with van der Waals surface area (Å²) in [4.78, 5) is 11.3. The van der Waals surface area contributed by atoms with Crippen LogP contribution in [0.1, 0.15) is 17.3 Å². The molecule has 0 bridgehead atoms. The lowest BCUT2D eigenvalue weighted by molar-refractivity contribution is 0.105. The van der Waals surface area contributed by atoms with Gasteiger partial charge in [-0.1, -0.05) is 17.3 Å². The van der Waals surface area contributed by atoms with Crippen LogP contribution in [0.4, 0.5) is 4.39 Å². The molecule has 0 aliphatic heterocycles. The smallest absolute Gasteiger partial charge is 0.213 e. The highest BCUT2D eigenvalue weighted by Gasteiger charge is 2.13. The predicted octanol–water partition coefficient (Wildman–Crippen LogP) is 1.86. The van der Waals surface area contributed by atoms with Gasteiger partial charge in [0.25, 0.3) is 0 Å². The third kappa shape index (κ3) is 1.90. The molecule has 1 N–H and O–H groups in total. The molecule has 0 saturated heterocycles. The second-order valence-corrected chi connectivity index (χ2v) is 2.49. The van der Waals surface area contributed by atoms with Crippen LogP contribution in [0.2, 0.25) is 0 Å². The van der Waals surface area contributed by atoms with Gasteiger partial charge in [0, 0.05) is 0 Å². The Kier molecular flexibility index (Phi) is 2.74. The number of ketones is 1. The van der Waals surface area contributed by atoms with Crippen LogP contribution in [0.5, 0.6) is 0 Å². The van der Waals surface area contributed by atoms with Crippen molar-refractivity contribution in [3.8, 4) is 0 Å². The van der Waals surface area contributed by atoms with Gasteiger partial charge >= 0.3 is 0 Å². The van der Waals surface area contributed by atoms with Gasteiger partial charge in [0.2, 0.25) is 5.78 Å². The van der Waals surface area contributed by atoms with Crippen LogP contribution < -0.4 is 0 Å². The van der Waals surface area contributed by atoms with Crippen LogP contribution in [0.15, 0.2) is 29.4 Å². The zero-order chi connectivity index (χ0) is 9.84. The van der Waals surface area contributed by atoms with Gasteiger partial charge < -0.3 is 5.21 Å². The minimum Gasteiger partial charge on any atom is -0.411 e. The molecule has 13 heavy (non-hydrogen) atoms. The standard InChI is InChI=1S/C9H8FNO2/c1-6(11-13)9(12)7-4-2-3-5-8(7)10/h2-5,13H,1H3. The molecule has 0 spiro atoms. The van der Waals surface area contributed by atoms with Crippen LogP contribution in [0.25, 0.3) is 0 Å². The average Bonchev–Trinajstić information content (AvgIpc) is 2.16. The average molecular weight is 181 g/mol. The van der Waals surface area contributed by atoms with Crippen molar-refractivity contribution < 1.29 is 14.4 Å². The van der Waals surface area contributed by atoms with Gasteiger partial charge in [0.05, 0.1) is 5.56 Å². The first-order valence-corrected chi connectivity index (χ1v) is 3.64. The summed E-state index contributed by atoms with van der Waals surface area (Å²) in [6.07, 6.45) is 0. The normalized spacial score (nSPS) is 11.4. The number of rotatable bonds is 2. The third-order valence-corrected chi connectivity index (χ3v) is 1.60. The number of hydrogen-bond donors (Lipinski definition) is 1. The van der Waals surface area contributed by atoms with Crippen molar-refractivity contribution in [1.82, 2.24) is 0 Å². The van der Waals surface area contributed by atoms with Crippen molar-refractivity contribution in [2.24, 2.45) is 5.16 Å². The van der Waals surface area contributed by atoms with Gasteiger partial charge in [0.15, 0.2) is 0 Å². The van der Waals surface area contributed by atoms with Gasteiger partial charge in [-0.05, 0) is 19.1 Å². The number of benzene rings is 1. The Bertz CT molecular complexity index is 360. The summed E-state index contributed by atoms with van der Waals surface area (Å²) in [7, 11) is 0. The van der Waals surface area contributed by atoms with Gasteiger partial charge in [-0.25, -0.2) is 4.39 Å². The minimum atomic E-state index is -0.615. The van der Waals surface area contributed by atoms with Crippen LogP contribution >= 0.6 is 0 Å². The van der Waals surface area contributed by atoms with E-state index in [0.29, 0.717) is 0 Å². The Balaban J connectivity index is 3.10. The monoisotopic (exact) mass is 181 g/mol. The predicted molar refractivity (Wildman–Crippen MR) is 45.6 cm³/mol. The van der Waals surface area contributed by atoms with E-state index in [1.807, 2.05) is 0 Å². The van der Waals surface area contributed by atoms with Gasteiger partial charge in [0.1, 0.15) is 11.5 Å². The van der Waals surface area contributed by atoms with Gasteiger partial charge in [-0.3, -0.25) is 4.79 Å². The number of nitrogens with zero attached hydrogens (tertiary/aromatic N) is 1. The first-order valence-electron chi connectivity index (χ1n) is 3.64. The lowest BCUT2D eigenvalue weighted by Crippen LogP contribution is -2.12. The maximum absolute atomic E-state index is 13.0. The number of oxime groups is 1. The van der Waals surface area contributed by atoms with E-state index in [9.17, 15) is 9.18 Å². The van der Waals surface area contributed by atoms with E-state index < -0.39 is 11.6 Å². The Morgan fingerprint density at radius 2 is 2.08 bits per heavy atom. The van der Waals surface area contributed by atoms with Crippen molar-refractivity contribution >= 4 is 11.5 Å². The fourth-order valence-corrected chi connectivity index (χ4v) is 0.886. The summed E-state index contributed by atoms with van der Waals surface area (Å²) in [5.41, 5.74) is -0.220. The number of Topliss-reactive ketones (excluding diaryl/α,β-unsaturated/α-hetero) is 1. The Morgan fingerprint density at radius 3 is 2.62 bits per heavy atom. The quantitative estimate of drug-likeness (QED) is 0.327. The minimum absolute atomic E-state index is 0.0854. The van der Waals surface area contributed by atoms with Crippen molar-refractivity contribution in [3.05, 3.63) is 35.6 Å². The second kappa shape index (κ2) is 3.80. The molecule has 0 atom stereocenters. The number of halogens is 1. The molecule has 0 aliphatic rings. The maximum atomic E-state index is 13.0. The van der Waals surface area contributed by atoms with E-state index in [1.165, 1.54) is 25.1 Å². The molecule has 0 radical (unpaired) electrons. The number of carbonyl (C=O) groups excluding carboxylic acids is 1. The SMILES string of the molecule is CC(=NO)C(=O)c1ccccc1F. The summed E-state index contributed by atoms with van der Waals surface area (Å²) in [6.45, 7) is 1.31. The van der Waals surface area contributed by atoms with Crippen molar-refractivity contribution in [1.29, 1.82) is 0 Å². The largest absolute Gasteiger partial charge is 0.411 e. The molecule has 0 amide bonds. The van der Waals surface area contributed by atoms with E-state index in [-0.39, 0.29) is 11.3 Å². The number of hydrogen-bond acceptors (Lipinski definition) is 3. The van der Waals surface area contributed by atoms with E-state index in [1.54, 1.807) is 6.07 Å². The van der Waals surface area contributed by atoms with E-state index in [2.05, 4.69) is 5.16 Å². The van der Waals surface area contributed by atoms with E-state index in [4.69, 9.17) is 5.21 Å². The van der Waals surface area contributed by atoms with Crippen molar-refractivity contribution in [2.75, 3.05) is 0 Å². The molecule has 0 fully saturated rings. The Hall–Kier alpha value is -1.71. The molecule has 1 aromatic rings. The lowest BCUT2D eigenvalue weighted by atomic mass is 10.1. The fourth-order valence-electron chi connectivity index (χ4n) is 0.886. The highest BCUT2D eigenvalue weighted by Crippen LogP contribution is 2.07. The second-order valence-electron chi connectivity index (χ2n) is 2.49. The van der Waals surface area contributed by atoms with Gasteiger partial charge in [-0.2, -0.15) is 0 Å².